The van der Waals surface area contributed by atoms with Crippen LogP contribution in [-0.2, 0) is 11.3 Å². The monoisotopic (exact) mass is 521 g/mol. The lowest BCUT2D eigenvalue weighted by molar-refractivity contribution is 0.0992. The van der Waals surface area contributed by atoms with Crippen LogP contribution in [0.2, 0.25) is 5.02 Å². The molecule has 10 heteroatoms. The van der Waals surface area contributed by atoms with Crippen molar-refractivity contribution in [3.63, 3.8) is 0 Å². The van der Waals surface area contributed by atoms with Crippen molar-refractivity contribution in [3.05, 3.63) is 77.8 Å². The van der Waals surface area contributed by atoms with Gasteiger partial charge >= 0.3 is 0 Å². The number of fused-ring (bicyclic) bond motifs is 3. The van der Waals surface area contributed by atoms with E-state index in [-0.39, 0.29) is 6.61 Å². The highest BCUT2D eigenvalue weighted by Crippen LogP contribution is 2.38. The Labute approximate surface area is 216 Å². The minimum Gasteiger partial charge on any atom is -0.486 e. The zero-order valence-corrected chi connectivity index (χ0v) is 20.9. The van der Waals surface area contributed by atoms with E-state index in [4.69, 9.17) is 26.2 Å². The Morgan fingerprint density at radius 3 is 2.72 bits per heavy atom. The summed E-state index contributed by atoms with van der Waals surface area (Å²) in [5.41, 5.74) is 2.62. The fourth-order valence-electron chi connectivity index (χ4n) is 3.71. The second-order valence-corrected chi connectivity index (χ2v) is 9.30. The van der Waals surface area contributed by atoms with Gasteiger partial charge in [0.25, 0.3) is 0 Å². The van der Waals surface area contributed by atoms with Crippen LogP contribution in [0.3, 0.4) is 0 Å². The molecule has 0 fully saturated rings. The van der Waals surface area contributed by atoms with Crippen molar-refractivity contribution in [2.45, 2.75) is 6.61 Å². The molecule has 0 radical (unpaired) electrons. The predicted octanol–water partition coefficient (Wildman–Crippen LogP) is 5.64. The van der Waals surface area contributed by atoms with E-state index < -0.39 is 0 Å². The molecule has 0 aliphatic rings. The summed E-state index contributed by atoms with van der Waals surface area (Å²) >= 11 is 8.11. The van der Waals surface area contributed by atoms with Gasteiger partial charge in [0, 0.05) is 34.2 Å². The molecule has 0 amide bonds. The minimum atomic E-state index is 0.0290. The number of anilines is 3. The number of aliphatic hydroxyl groups excluding tert-OH is 1. The van der Waals surface area contributed by atoms with Gasteiger partial charge in [-0.15, -0.1) is 11.3 Å². The Morgan fingerprint density at radius 2 is 1.89 bits per heavy atom. The summed E-state index contributed by atoms with van der Waals surface area (Å²) in [5.74, 6) is 1.30. The number of benzene rings is 2. The molecule has 3 N–H and O–H groups in total. The van der Waals surface area contributed by atoms with E-state index in [2.05, 4.69) is 37.7 Å². The Balaban J connectivity index is 1.32. The van der Waals surface area contributed by atoms with Crippen LogP contribution in [0.4, 0.5) is 17.2 Å². The number of hydrogen-bond donors (Lipinski definition) is 3. The maximum absolute atomic E-state index is 8.80. The smallest absolute Gasteiger partial charge is 0.143 e. The van der Waals surface area contributed by atoms with E-state index in [0.29, 0.717) is 43.0 Å². The first-order valence-electron chi connectivity index (χ1n) is 11.4. The average Bonchev–Trinajstić information content (AvgIpc) is 3.27. The third-order valence-corrected chi connectivity index (χ3v) is 6.73. The summed E-state index contributed by atoms with van der Waals surface area (Å²) in [4.78, 5) is 14.1. The van der Waals surface area contributed by atoms with Crippen molar-refractivity contribution in [3.8, 4) is 5.75 Å². The number of nitrogens with one attached hydrogen (secondary N) is 2. The second kappa shape index (κ2) is 11.5. The number of halogens is 1. The summed E-state index contributed by atoms with van der Waals surface area (Å²) < 4.78 is 12.2. The topological polar surface area (TPSA) is 101 Å². The van der Waals surface area contributed by atoms with Crippen LogP contribution in [-0.4, -0.2) is 46.4 Å². The second-order valence-electron chi connectivity index (χ2n) is 7.86. The molecule has 0 saturated heterocycles. The van der Waals surface area contributed by atoms with Gasteiger partial charge in [-0.25, -0.2) is 9.97 Å². The molecule has 8 nitrogen and oxygen atoms in total. The number of aromatic nitrogens is 3. The summed E-state index contributed by atoms with van der Waals surface area (Å²) in [6.45, 7) is 1.90. The molecule has 0 unspecified atom stereocenters. The van der Waals surface area contributed by atoms with Crippen molar-refractivity contribution in [1.82, 2.24) is 15.0 Å². The zero-order chi connectivity index (χ0) is 24.7. The molecule has 3 aromatic heterocycles. The van der Waals surface area contributed by atoms with Crippen LogP contribution in [0.5, 0.6) is 5.75 Å². The lowest BCUT2D eigenvalue weighted by atomic mass is 10.2. The quantitative estimate of drug-likeness (QED) is 0.192. The van der Waals surface area contributed by atoms with E-state index in [1.807, 2.05) is 42.5 Å². The van der Waals surface area contributed by atoms with Crippen LogP contribution in [0.15, 0.2) is 67.1 Å². The summed E-state index contributed by atoms with van der Waals surface area (Å²) in [6.07, 6.45) is 3.29. The van der Waals surface area contributed by atoms with E-state index in [0.717, 1.165) is 37.4 Å². The fourth-order valence-corrected chi connectivity index (χ4v) is 5.03. The lowest BCUT2D eigenvalue weighted by Crippen LogP contribution is -2.11. The zero-order valence-electron chi connectivity index (χ0n) is 19.3. The van der Waals surface area contributed by atoms with Gasteiger partial charge in [-0.1, -0.05) is 23.7 Å². The Bertz CT molecular complexity index is 1460. The van der Waals surface area contributed by atoms with Crippen molar-refractivity contribution >= 4 is 60.4 Å². The molecule has 5 rings (SSSR count). The molecule has 5 aromatic rings. The number of rotatable bonds is 11. The molecule has 2 aromatic carbocycles. The third-order valence-electron chi connectivity index (χ3n) is 5.38. The van der Waals surface area contributed by atoms with E-state index >= 15 is 0 Å². The molecular formula is C26H24ClN5O3S. The van der Waals surface area contributed by atoms with E-state index in [9.17, 15) is 0 Å². The molecule has 184 valence electrons. The first kappa shape index (κ1) is 24.2. The maximum Gasteiger partial charge on any atom is 0.143 e. The number of pyridine rings is 1. The molecular weight excluding hydrogens is 498 g/mol. The number of hydrogen-bond acceptors (Lipinski definition) is 9. The van der Waals surface area contributed by atoms with Gasteiger partial charge in [0.1, 0.15) is 29.3 Å². The van der Waals surface area contributed by atoms with Crippen molar-refractivity contribution in [1.29, 1.82) is 0 Å². The van der Waals surface area contributed by atoms with E-state index in [1.54, 1.807) is 23.9 Å². The van der Waals surface area contributed by atoms with Crippen LogP contribution in [0, 0.1) is 0 Å². The summed E-state index contributed by atoms with van der Waals surface area (Å²) in [7, 11) is 0. The average molecular weight is 522 g/mol. The van der Waals surface area contributed by atoms with Crippen LogP contribution in [0.25, 0.3) is 20.3 Å². The van der Waals surface area contributed by atoms with Crippen molar-refractivity contribution in [2.75, 3.05) is 37.0 Å². The molecule has 0 bridgehead atoms. The molecule has 0 aliphatic heterocycles. The predicted molar refractivity (Wildman–Crippen MR) is 145 cm³/mol. The lowest BCUT2D eigenvalue weighted by Gasteiger charge is -2.11. The minimum absolute atomic E-state index is 0.0290. The molecule has 0 atom stereocenters. The summed E-state index contributed by atoms with van der Waals surface area (Å²) in [6, 6.07) is 17.4. The van der Waals surface area contributed by atoms with E-state index in [1.165, 1.54) is 0 Å². The molecule has 36 heavy (non-hydrogen) atoms. The number of ether oxygens (including phenoxy) is 2. The Morgan fingerprint density at radius 1 is 0.972 bits per heavy atom. The largest absolute Gasteiger partial charge is 0.486 e. The highest BCUT2D eigenvalue weighted by atomic mass is 35.5. The van der Waals surface area contributed by atoms with Gasteiger partial charge in [-0.2, -0.15) is 0 Å². The number of thiophene rings is 1. The molecule has 3 heterocycles. The summed E-state index contributed by atoms with van der Waals surface area (Å²) in [5, 5.41) is 18.1. The Kier molecular flexibility index (Phi) is 7.73. The molecule has 0 aliphatic carbocycles. The van der Waals surface area contributed by atoms with Gasteiger partial charge in [0.15, 0.2) is 0 Å². The van der Waals surface area contributed by atoms with Crippen LogP contribution in [0.1, 0.15) is 5.69 Å². The standard InChI is InChI=1S/C26H24ClN5O3S/c27-21-13-18(5-7-22(21)35-15-19-3-1-2-8-28-19)32-25-24-20-6-4-17(29-9-11-34-12-10-33)14-23(20)36-26(24)31-16-30-25/h1-8,13-14,16,29,33H,9-12,15H2,(H,30,31,32). The fraction of sp³-hybridized carbons (Fsp3) is 0.192. The number of aliphatic hydroxyl groups is 1. The first-order valence-corrected chi connectivity index (χ1v) is 12.6. The normalized spacial score (nSPS) is 11.2. The maximum atomic E-state index is 8.80. The van der Waals surface area contributed by atoms with Crippen LogP contribution >= 0.6 is 22.9 Å². The third kappa shape index (κ3) is 5.66. The van der Waals surface area contributed by atoms with Crippen molar-refractivity contribution < 1.29 is 14.6 Å². The first-order chi connectivity index (χ1) is 17.7. The highest BCUT2D eigenvalue weighted by molar-refractivity contribution is 7.25. The van der Waals surface area contributed by atoms with Gasteiger partial charge in [-0.05, 0) is 42.5 Å². The van der Waals surface area contributed by atoms with Gasteiger partial charge in [0.2, 0.25) is 0 Å². The van der Waals surface area contributed by atoms with Crippen molar-refractivity contribution in [2.24, 2.45) is 0 Å². The molecule has 0 spiro atoms. The van der Waals surface area contributed by atoms with Gasteiger partial charge in [0.05, 0.1) is 35.9 Å². The Hall–Kier alpha value is -3.50. The molecule has 0 saturated carbocycles. The SMILES string of the molecule is OCCOCCNc1ccc2c(c1)sc1ncnc(Nc3ccc(OCc4ccccn4)c(Cl)c3)c12. The van der Waals surface area contributed by atoms with Gasteiger partial charge < -0.3 is 25.2 Å². The highest BCUT2D eigenvalue weighted by Gasteiger charge is 2.13. The van der Waals surface area contributed by atoms with Gasteiger partial charge in [-0.3, -0.25) is 4.98 Å². The van der Waals surface area contributed by atoms with Crippen LogP contribution < -0.4 is 15.4 Å². The number of nitrogens with zero attached hydrogens (tertiary/aromatic N) is 3.